The predicted molar refractivity (Wildman–Crippen MR) is 101 cm³/mol. The average molecular weight is 365 g/mol. The van der Waals surface area contributed by atoms with Gasteiger partial charge in [0.25, 0.3) is 5.91 Å². The summed E-state index contributed by atoms with van der Waals surface area (Å²) in [7, 11) is 0. The van der Waals surface area contributed by atoms with Crippen LogP contribution >= 0.6 is 0 Å². The van der Waals surface area contributed by atoms with Gasteiger partial charge in [-0.3, -0.25) is 4.79 Å². The fourth-order valence-electron chi connectivity index (χ4n) is 3.58. The molecule has 0 spiro atoms. The summed E-state index contributed by atoms with van der Waals surface area (Å²) in [4.78, 5) is 25.2. The number of imidazole rings is 1. The van der Waals surface area contributed by atoms with Crippen molar-refractivity contribution in [2.45, 2.75) is 39.2 Å². The van der Waals surface area contributed by atoms with E-state index in [4.69, 9.17) is 9.72 Å². The maximum atomic E-state index is 12.4. The number of hydrogen-bond acceptors (Lipinski definition) is 5. The van der Waals surface area contributed by atoms with Crippen LogP contribution in [0.1, 0.15) is 51.8 Å². The Labute approximate surface area is 157 Å². The lowest BCUT2D eigenvalue weighted by Crippen LogP contribution is -2.24. The van der Waals surface area contributed by atoms with Crippen molar-refractivity contribution < 1.29 is 9.53 Å². The molecular formula is C20H23N5O2. The second-order valence-corrected chi connectivity index (χ2v) is 6.94. The number of carbonyl (C=O) groups is 1. The SMILES string of the molecule is Cc1ncncc1C(=O)NCc1ccc2nc(C3CCOCC3)c(C)n2c1. The zero-order valence-electron chi connectivity index (χ0n) is 15.6. The molecule has 0 saturated carbocycles. The van der Waals surface area contributed by atoms with Crippen LogP contribution < -0.4 is 5.32 Å². The van der Waals surface area contributed by atoms with Gasteiger partial charge in [-0.2, -0.15) is 0 Å². The number of rotatable bonds is 4. The molecule has 1 aliphatic rings. The van der Waals surface area contributed by atoms with Gasteiger partial charge in [0.2, 0.25) is 0 Å². The predicted octanol–water partition coefficient (Wildman–Crippen LogP) is 2.57. The van der Waals surface area contributed by atoms with Crippen LogP contribution in [0.3, 0.4) is 0 Å². The summed E-state index contributed by atoms with van der Waals surface area (Å²) >= 11 is 0. The molecule has 1 N–H and O–H groups in total. The molecule has 7 nitrogen and oxygen atoms in total. The third-order valence-corrected chi connectivity index (χ3v) is 5.17. The van der Waals surface area contributed by atoms with Crippen LogP contribution in [0.4, 0.5) is 0 Å². The van der Waals surface area contributed by atoms with E-state index in [1.54, 1.807) is 13.1 Å². The highest BCUT2D eigenvalue weighted by atomic mass is 16.5. The Bertz CT molecular complexity index is 976. The van der Waals surface area contributed by atoms with Gasteiger partial charge in [-0.15, -0.1) is 0 Å². The highest BCUT2D eigenvalue weighted by Crippen LogP contribution is 2.29. The molecule has 3 aromatic rings. The van der Waals surface area contributed by atoms with Gasteiger partial charge in [0.1, 0.15) is 12.0 Å². The summed E-state index contributed by atoms with van der Waals surface area (Å²) < 4.78 is 7.58. The maximum absolute atomic E-state index is 12.4. The summed E-state index contributed by atoms with van der Waals surface area (Å²) in [5, 5.41) is 2.94. The van der Waals surface area contributed by atoms with Crippen LogP contribution in [0.2, 0.25) is 0 Å². The fourth-order valence-corrected chi connectivity index (χ4v) is 3.58. The van der Waals surface area contributed by atoms with Crippen molar-refractivity contribution >= 4 is 11.6 Å². The minimum atomic E-state index is -0.168. The number of hydrogen-bond donors (Lipinski definition) is 1. The molecule has 3 aromatic heterocycles. The van der Waals surface area contributed by atoms with Gasteiger partial charge < -0.3 is 14.5 Å². The van der Waals surface area contributed by atoms with Crippen molar-refractivity contribution in [3.8, 4) is 0 Å². The molecule has 0 bridgehead atoms. The molecule has 7 heteroatoms. The van der Waals surface area contributed by atoms with Gasteiger partial charge in [-0.05, 0) is 38.3 Å². The normalized spacial score (nSPS) is 15.2. The molecular weight excluding hydrogens is 342 g/mol. The second-order valence-electron chi connectivity index (χ2n) is 6.94. The Kier molecular flexibility index (Phi) is 4.85. The van der Waals surface area contributed by atoms with Crippen molar-refractivity contribution in [1.82, 2.24) is 24.7 Å². The number of fused-ring (bicyclic) bond motifs is 1. The molecule has 4 heterocycles. The third kappa shape index (κ3) is 3.55. The van der Waals surface area contributed by atoms with Crippen molar-refractivity contribution in [2.75, 3.05) is 13.2 Å². The minimum Gasteiger partial charge on any atom is -0.381 e. The first kappa shape index (κ1) is 17.6. The standard InChI is InChI=1S/C20H23N5O2/c1-13-17(10-21-12-23-13)20(26)22-9-15-3-4-18-24-19(14(2)25(18)11-15)16-5-7-27-8-6-16/h3-4,10-12,16H,5-9H2,1-2H3,(H,22,26). The zero-order valence-corrected chi connectivity index (χ0v) is 15.6. The quantitative estimate of drug-likeness (QED) is 0.768. The summed E-state index contributed by atoms with van der Waals surface area (Å²) in [6, 6.07) is 4.01. The highest BCUT2D eigenvalue weighted by molar-refractivity contribution is 5.94. The number of ether oxygens (including phenoxy) is 1. The first-order valence-electron chi connectivity index (χ1n) is 9.23. The van der Waals surface area contributed by atoms with Crippen LogP contribution in [0.15, 0.2) is 30.9 Å². The Hall–Kier alpha value is -2.80. The Morgan fingerprint density at radius 3 is 2.89 bits per heavy atom. The van der Waals surface area contributed by atoms with E-state index in [-0.39, 0.29) is 5.91 Å². The van der Waals surface area contributed by atoms with E-state index in [9.17, 15) is 4.79 Å². The van der Waals surface area contributed by atoms with Crippen molar-refractivity contribution in [1.29, 1.82) is 0 Å². The molecule has 0 unspecified atom stereocenters. The lowest BCUT2D eigenvalue weighted by molar-refractivity contribution is 0.0845. The smallest absolute Gasteiger partial charge is 0.254 e. The van der Waals surface area contributed by atoms with Crippen LogP contribution in [0, 0.1) is 13.8 Å². The van der Waals surface area contributed by atoms with Crippen molar-refractivity contribution in [2.24, 2.45) is 0 Å². The number of carbonyl (C=O) groups excluding carboxylic acids is 1. The van der Waals surface area contributed by atoms with E-state index in [1.165, 1.54) is 6.33 Å². The zero-order chi connectivity index (χ0) is 18.8. The van der Waals surface area contributed by atoms with Crippen LogP contribution in [0.25, 0.3) is 5.65 Å². The molecule has 0 aromatic carbocycles. The Morgan fingerprint density at radius 2 is 2.11 bits per heavy atom. The van der Waals surface area contributed by atoms with E-state index < -0.39 is 0 Å². The lowest BCUT2D eigenvalue weighted by Gasteiger charge is -2.20. The Morgan fingerprint density at radius 1 is 1.30 bits per heavy atom. The first-order valence-corrected chi connectivity index (χ1v) is 9.23. The summed E-state index contributed by atoms with van der Waals surface area (Å²) in [6.07, 6.45) is 7.08. The molecule has 0 radical (unpaired) electrons. The maximum Gasteiger partial charge on any atom is 0.254 e. The van der Waals surface area contributed by atoms with Gasteiger partial charge >= 0.3 is 0 Å². The van der Waals surface area contributed by atoms with Crippen molar-refractivity contribution in [3.05, 3.63) is 59.1 Å². The number of aromatic nitrogens is 4. The monoisotopic (exact) mass is 365 g/mol. The number of pyridine rings is 1. The summed E-state index contributed by atoms with van der Waals surface area (Å²) in [5.74, 6) is 0.293. The van der Waals surface area contributed by atoms with Gasteiger partial charge in [0.15, 0.2) is 0 Å². The minimum absolute atomic E-state index is 0.168. The molecule has 140 valence electrons. The summed E-state index contributed by atoms with van der Waals surface area (Å²) in [6.45, 7) is 5.95. The van der Waals surface area contributed by atoms with Crippen molar-refractivity contribution in [3.63, 3.8) is 0 Å². The van der Waals surface area contributed by atoms with Gasteiger partial charge in [0.05, 0.1) is 17.0 Å². The second kappa shape index (κ2) is 7.44. The number of nitrogens with zero attached hydrogens (tertiary/aromatic N) is 4. The lowest BCUT2D eigenvalue weighted by atomic mass is 9.95. The van der Waals surface area contributed by atoms with Crippen LogP contribution in [-0.4, -0.2) is 38.5 Å². The first-order chi connectivity index (χ1) is 13.1. The van der Waals surface area contributed by atoms with E-state index >= 15 is 0 Å². The molecule has 1 amide bonds. The van der Waals surface area contributed by atoms with Gasteiger partial charge in [-0.1, -0.05) is 6.07 Å². The molecule has 1 fully saturated rings. The topological polar surface area (TPSA) is 81.4 Å². The molecule has 0 atom stereocenters. The highest BCUT2D eigenvalue weighted by Gasteiger charge is 2.21. The van der Waals surface area contributed by atoms with E-state index in [2.05, 4.69) is 32.8 Å². The molecule has 4 rings (SSSR count). The molecule has 1 aliphatic heterocycles. The van der Waals surface area contributed by atoms with E-state index in [1.807, 2.05) is 12.1 Å². The Balaban J connectivity index is 1.52. The summed E-state index contributed by atoms with van der Waals surface area (Å²) in [5.41, 5.74) is 5.46. The van der Waals surface area contributed by atoms with Crippen LogP contribution in [-0.2, 0) is 11.3 Å². The van der Waals surface area contributed by atoms with E-state index in [0.717, 1.165) is 48.7 Å². The third-order valence-electron chi connectivity index (χ3n) is 5.17. The van der Waals surface area contributed by atoms with E-state index in [0.29, 0.717) is 23.7 Å². The molecule has 27 heavy (non-hydrogen) atoms. The van der Waals surface area contributed by atoms with Gasteiger partial charge in [0, 0.05) is 43.8 Å². The molecule has 1 saturated heterocycles. The van der Waals surface area contributed by atoms with Crippen LogP contribution in [0.5, 0.6) is 0 Å². The largest absolute Gasteiger partial charge is 0.381 e. The number of nitrogens with one attached hydrogen (secondary N) is 1. The van der Waals surface area contributed by atoms with Gasteiger partial charge in [-0.25, -0.2) is 15.0 Å². The average Bonchev–Trinajstić information content (AvgIpc) is 3.03. The number of aryl methyl sites for hydroxylation is 2. The molecule has 0 aliphatic carbocycles. The fraction of sp³-hybridized carbons (Fsp3) is 0.400. The number of amides is 1.